The first-order valence-electron chi connectivity index (χ1n) is 9.96. The molecule has 0 bridgehead atoms. The second-order valence-electron chi connectivity index (χ2n) is 7.32. The van der Waals surface area contributed by atoms with E-state index >= 15 is 0 Å². The minimum atomic E-state index is -4.24. The molecule has 6 nitrogen and oxygen atoms in total. The zero-order valence-electron chi connectivity index (χ0n) is 16.7. The fourth-order valence-electron chi connectivity index (χ4n) is 3.77. The van der Waals surface area contributed by atoms with Gasteiger partial charge in [-0.05, 0) is 42.5 Å². The van der Waals surface area contributed by atoms with E-state index in [9.17, 15) is 17.2 Å². The number of furan rings is 1. The lowest BCUT2D eigenvalue weighted by atomic mass is 10.1. The monoisotopic (exact) mass is 447 g/mol. The van der Waals surface area contributed by atoms with Gasteiger partial charge >= 0.3 is 0 Å². The third kappa shape index (κ3) is 4.95. The number of benzene rings is 2. The van der Waals surface area contributed by atoms with Crippen molar-refractivity contribution in [1.29, 1.82) is 0 Å². The molecule has 0 aliphatic carbocycles. The summed E-state index contributed by atoms with van der Waals surface area (Å²) >= 11 is 0. The molecule has 0 radical (unpaired) electrons. The maximum atomic E-state index is 14.0. The Balaban J connectivity index is 1.48. The lowest BCUT2D eigenvalue weighted by molar-refractivity contribution is 0.166. The van der Waals surface area contributed by atoms with Crippen molar-refractivity contribution in [2.24, 2.45) is 0 Å². The van der Waals surface area contributed by atoms with Crippen LogP contribution in [0.25, 0.3) is 0 Å². The summed E-state index contributed by atoms with van der Waals surface area (Å²) in [7, 11) is -4.24. The van der Waals surface area contributed by atoms with Crippen LogP contribution < -0.4 is 9.62 Å². The van der Waals surface area contributed by atoms with Gasteiger partial charge in [0.25, 0.3) is 0 Å². The van der Waals surface area contributed by atoms with Gasteiger partial charge in [-0.2, -0.15) is 0 Å². The molecule has 31 heavy (non-hydrogen) atoms. The molecule has 2 heterocycles. The first-order chi connectivity index (χ1) is 14.9. The number of sulfonamides is 1. The van der Waals surface area contributed by atoms with Crippen molar-refractivity contribution >= 4 is 15.7 Å². The zero-order chi connectivity index (χ0) is 21.8. The van der Waals surface area contributed by atoms with Gasteiger partial charge in [-0.15, -0.1) is 0 Å². The summed E-state index contributed by atoms with van der Waals surface area (Å²) in [6.45, 7) is 2.89. The molecule has 0 saturated carbocycles. The van der Waals surface area contributed by atoms with Gasteiger partial charge in [0.05, 0.1) is 12.3 Å². The van der Waals surface area contributed by atoms with E-state index < -0.39 is 26.6 Å². The predicted molar refractivity (Wildman–Crippen MR) is 113 cm³/mol. The molecule has 1 fully saturated rings. The van der Waals surface area contributed by atoms with Crippen molar-refractivity contribution in [3.63, 3.8) is 0 Å². The van der Waals surface area contributed by atoms with Crippen LogP contribution in [0, 0.1) is 11.6 Å². The minimum Gasteiger partial charge on any atom is -0.468 e. The molecule has 1 N–H and O–H groups in total. The molecule has 1 aromatic heterocycles. The average Bonchev–Trinajstić information content (AvgIpc) is 3.31. The third-order valence-corrected chi connectivity index (χ3v) is 6.84. The predicted octanol–water partition coefficient (Wildman–Crippen LogP) is 3.40. The Morgan fingerprint density at radius 2 is 1.71 bits per heavy atom. The summed E-state index contributed by atoms with van der Waals surface area (Å²) in [6, 6.07) is 15.6. The van der Waals surface area contributed by atoms with E-state index in [4.69, 9.17) is 4.42 Å². The average molecular weight is 448 g/mol. The summed E-state index contributed by atoms with van der Waals surface area (Å²) in [4.78, 5) is 3.68. The van der Waals surface area contributed by atoms with Crippen molar-refractivity contribution in [2.45, 2.75) is 10.9 Å². The summed E-state index contributed by atoms with van der Waals surface area (Å²) in [5, 5.41) is 0. The quantitative estimate of drug-likeness (QED) is 0.602. The Morgan fingerprint density at radius 1 is 0.968 bits per heavy atom. The second-order valence-corrected chi connectivity index (χ2v) is 9.05. The van der Waals surface area contributed by atoms with Crippen LogP contribution in [0.4, 0.5) is 14.5 Å². The van der Waals surface area contributed by atoms with E-state index in [0.717, 1.165) is 30.9 Å². The summed E-state index contributed by atoms with van der Waals surface area (Å²) in [6.07, 6.45) is 1.53. The first kappa shape index (κ1) is 21.5. The van der Waals surface area contributed by atoms with Crippen molar-refractivity contribution in [3.8, 4) is 0 Å². The molecule has 0 unspecified atom stereocenters. The SMILES string of the molecule is O=S(=O)(NC[C@H](c1ccco1)N1CCN(c2ccccc2)CC1)c1cc(F)ccc1F. The van der Waals surface area contributed by atoms with Crippen LogP contribution in [-0.4, -0.2) is 46.0 Å². The number of anilines is 1. The number of nitrogens with one attached hydrogen (secondary N) is 1. The number of halogens is 2. The summed E-state index contributed by atoms with van der Waals surface area (Å²) in [5.41, 5.74) is 1.14. The van der Waals surface area contributed by atoms with Crippen LogP contribution in [0.5, 0.6) is 0 Å². The van der Waals surface area contributed by atoms with E-state index in [1.807, 2.05) is 18.2 Å². The summed E-state index contributed by atoms with van der Waals surface area (Å²) < 4.78 is 60.7. The van der Waals surface area contributed by atoms with Crippen LogP contribution in [0.3, 0.4) is 0 Å². The van der Waals surface area contributed by atoms with Crippen LogP contribution in [0.15, 0.2) is 76.2 Å². The molecular weight excluding hydrogens is 424 g/mol. The van der Waals surface area contributed by atoms with Gasteiger partial charge in [-0.3, -0.25) is 4.90 Å². The zero-order valence-corrected chi connectivity index (χ0v) is 17.6. The lowest BCUT2D eigenvalue weighted by Gasteiger charge is -2.39. The first-order valence-corrected chi connectivity index (χ1v) is 11.4. The van der Waals surface area contributed by atoms with Gasteiger partial charge in [0.15, 0.2) is 0 Å². The Kier molecular flexibility index (Phi) is 6.35. The Hall–Kier alpha value is -2.75. The second kappa shape index (κ2) is 9.17. The Bertz CT molecular complexity index is 1100. The van der Waals surface area contributed by atoms with Gasteiger partial charge in [0, 0.05) is 38.4 Å². The van der Waals surface area contributed by atoms with Crippen molar-refractivity contribution in [1.82, 2.24) is 9.62 Å². The van der Waals surface area contributed by atoms with Gasteiger partial charge in [0.2, 0.25) is 10.0 Å². The van der Waals surface area contributed by atoms with Crippen molar-refractivity contribution in [2.75, 3.05) is 37.6 Å². The molecular formula is C22H23F2N3O3S. The largest absolute Gasteiger partial charge is 0.468 e. The highest BCUT2D eigenvalue weighted by Gasteiger charge is 2.29. The molecule has 0 amide bonds. The minimum absolute atomic E-state index is 0.0306. The number of hydrogen-bond acceptors (Lipinski definition) is 5. The normalized spacial score (nSPS) is 16.4. The van der Waals surface area contributed by atoms with E-state index in [-0.39, 0.29) is 12.6 Å². The van der Waals surface area contributed by atoms with Gasteiger partial charge < -0.3 is 9.32 Å². The number of rotatable bonds is 7. The molecule has 3 aromatic rings. The van der Waals surface area contributed by atoms with Crippen LogP contribution in [0.2, 0.25) is 0 Å². The van der Waals surface area contributed by atoms with E-state index in [2.05, 4.69) is 26.7 Å². The smallest absolute Gasteiger partial charge is 0.243 e. The molecule has 1 aliphatic rings. The fourth-order valence-corrected chi connectivity index (χ4v) is 4.90. The van der Waals surface area contributed by atoms with Crippen LogP contribution >= 0.6 is 0 Å². The van der Waals surface area contributed by atoms with Crippen molar-refractivity contribution < 1.29 is 21.6 Å². The van der Waals surface area contributed by atoms with Crippen molar-refractivity contribution in [3.05, 3.63) is 84.3 Å². The van der Waals surface area contributed by atoms with Gasteiger partial charge in [-0.25, -0.2) is 21.9 Å². The fraction of sp³-hybridized carbons (Fsp3) is 0.273. The van der Waals surface area contributed by atoms with Crippen LogP contribution in [-0.2, 0) is 10.0 Å². The van der Waals surface area contributed by atoms with Gasteiger partial charge in [-0.1, -0.05) is 18.2 Å². The maximum Gasteiger partial charge on any atom is 0.243 e. The Labute approximate surface area is 180 Å². The molecule has 1 atom stereocenters. The standard InChI is InChI=1S/C22H23F2N3O3S/c23-17-8-9-19(24)22(15-17)31(28,29)25-16-20(21-7-4-14-30-21)27-12-10-26(11-13-27)18-5-2-1-3-6-18/h1-9,14-15,20,25H,10-13,16H2/t20-/m1/s1. The molecule has 1 aliphatic heterocycles. The molecule has 9 heteroatoms. The van der Waals surface area contributed by atoms with Gasteiger partial charge in [0.1, 0.15) is 22.3 Å². The number of piperazine rings is 1. The van der Waals surface area contributed by atoms with Crippen LogP contribution in [0.1, 0.15) is 11.8 Å². The Morgan fingerprint density at radius 3 is 2.39 bits per heavy atom. The summed E-state index contributed by atoms with van der Waals surface area (Å²) in [5.74, 6) is -1.21. The number of nitrogens with zero attached hydrogens (tertiary/aromatic N) is 2. The number of para-hydroxylation sites is 1. The highest BCUT2D eigenvalue weighted by atomic mass is 32.2. The lowest BCUT2D eigenvalue weighted by Crippen LogP contribution is -2.49. The highest BCUT2D eigenvalue weighted by Crippen LogP contribution is 2.25. The van der Waals surface area contributed by atoms with E-state index in [0.29, 0.717) is 24.9 Å². The molecule has 0 spiro atoms. The number of hydrogen-bond donors (Lipinski definition) is 1. The van der Waals surface area contributed by atoms with E-state index in [1.54, 1.807) is 12.1 Å². The molecule has 2 aromatic carbocycles. The third-order valence-electron chi connectivity index (χ3n) is 5.40. The topological polar surface area (TPSA) is 65.8 Å². The van der Waals surface area contributed by atoms with E-state index in [1.165, 1.54) is 6.26 Å². The highest BCUT2D eigenvalue weighted by molar-refractivity contribution is 7.89. The molecule has 164 valence electrons. The molecule has 4 rings (SSSR count). The maximum absolute atomic E-state index is 14.0. The molecule has 1 saturated heterocycles.